The van der Waals surface area contributed by atoms with E-state index in [4.69, 9.17) is 9.47 Å². The van der Waals surface area contributed by atoms with Crippen molar-refractivity contribution in [2.75, 3.05) is 39.9 Å². The van der Waals surface area contributed by atoms with Crippen LogP contribution in [0.2, 0.25) is 0 Å². The fourth-order valence-corrected chi connectivity index (χ4v) is 3.18. The Morgan fingerprint density at radius 3 is 3.04 bits per heavy atom. The molecule has 0 unspecified atom stereocenters. The Morgan fingerprint density at radius 2 is 2.21 bits per heavy atom. The van der Waals surface area contributed by atoms with Gasteiger partial charge in [0.15, 0.2) is 0 Å². The van der Waals surface area contributed by atoms with E-state index in [2.05, 4.69) is 22.6 Å². The molecule has 1 aromatic carbocycles. The predicted molar refractivity (Wildman–Crippen MR) is 92.1 cm³/mol. The Morgan fingerprint density at radius 1 is 1.38 bits per heavy atom. The van der Waals surface area contributed by atoms with Gasteiger partial charge in [-0.25, -0.2) is 0 Å². The monoisotopic (exact) mass is 333 g/mol. The predicted octanol–water partition coefficient (Wildman–Crippen LogP) is 0.935. The second kappa shape index (κ2) is 7.96. The molecule has 0 radical (unpaired) electrons. The number of morpholine rings is 1. The Hall–Kier alpha value is -1.63. The summed E-state index contributed by atoms with van der Waals surface area (Å²) in [7, 11) is 2.09. The van der Waals surface area contributed by atoms with Crippen LogP contribution in [0, 0.1) is 0 Å². The molecule has 1 aromatic rings. The Labute approximate surface area is 143 Å². The van der Waals surface area contributed by atoms with E-state index in [0.717, 1.165) is 37.4 Å². The van der Waals surface area contributed by atoms with E-state index in [1.165, 1.54) is 0 Å². The number of para-hydroxylation sites is 1. The summed E-state index contributed by atoms with van der Waals surface area (Å²) >= 11 is 0. The minimum atomic E-state index is -0.254. The van der Waals surface area contributed by atoms with Gasteiger partial charge in [0.05, 0.1) is 31.4 Å². The number of likely N-dealkylation sites (N-methyl/N-ethyl adjacent to an activating group) is 1. The first-order valence-electron chi connectivity index (χ1n) is 8.69. The van der Waals surface area contributed by atoms with Crippen LogP contribution in [0.3, 0.4) is 0 Å². The SMILES string of the molecule is C[C@H](NC[C@H]1CN(C)CCO1)C(=O)N[C@@H]1CCOc2ccccc21. The lowest BCUT2D eigenvalue weighted by Crippen LogP contribution is -2.50. The zero-order valence-corrected chi connectivity index (χ0v) is 14.5. The van der Waals surface area contributed by atoms with Gasteiger partial charge in [0.2, 0.25) is 5.91 Å². The van der Waals surface area contributed by atoms with E-state index in [1.807, 2.05) is 31.2 Å². The van der Waals surface area contributed by atoms with Crippen molar-refractivity contribution in [2.24, 2.45) is 0 Å². The zero-order valence-electron chi connectivity index (χ0n) is 14.5. The molecule has 2 aliphatic heterocycles. The minimum Gasteiger partial charge on any atom is -0.493 e. The van der Waals surface area contributed by atoms with Crippen LogP contribution < -0.4 is 15.4 Å². The maximum atomic E-state index is 12.5. The van der Waals surface area contributed by atoms with Gasteiger partial charge in [0.1, 0.15) is 5.75 Å². The maximum absolute atomic E-state index is 12.5. The quantitative estimate of drug-likeness (QED) is 0.840. The zero-order chi connectivity index (χ0) is 16.9. The number of amides is 1. The Balaban J connectivity index is 1.50. The summed E-state index contributed by atoms with van der Waals surface area (Å²) in [5.41, 5.74) is 1.06. The summed E-state index contributed by atoms with van der Waals surface area (Å²) in [5, 5.41) is 6.43. The molecule has 1 fully saturated rings. The van der Waals surface area contributed by atoms with Crippen LogP contribution in [-0.4, -0.2) is 62.8 Å². The average Bonchev–Trinajstić information content (AvgIpc) is 2.60. The lowest BCUT2D eigenvalue weighted by molar-refractivity contribution is -0.124. The van der Waals surface area contributed by atoms with Crippen LogP contribution >= 0.6 is 0 Å². The molecule has 1 amide bonds. The fourth-order valence-electron chi connectivity index (χ4n) is 3.18. The molecule has 24 heavy (non-hydrogen) atoms. The molecule has 2 N–H and O–H groups in total. The molecule has 0 aromatic heterocycles. The fraction of sp³-hybridized carbons (Fsp3) is 0.611. The van der Waals surface area contributed by atoms with Crippen molar-refractivity contribution in [1.29, 1.82) is 0 Å². The highest BCUT2D eigenvalue weighted by molar-refractivity contribution is 5.81. The molecule has 0 aliphatic carbocycles. The number of carbonyl (C=O) groups excluding carboxylic acids is 1. The molecule has 1 saturated heterocycles. The smallest absolute Gasteiger partial charge is 0.237 e. The van der Waals surface area contributed by atoms with E-state index in [9.17, 15) is 4.79 Å². The van der Waals surface area contributed by atoms with Crippen molar-refractivity contribution in [3.63, 3.8) is 0 Å². The Bertz CT molecular complexity index is 566. The Kier molecular flexibility index (Phi) is 5.71. The molecule has 2 aliphatic rings. The van der Waals surface area contributed by atoms with Gasteiger partial charge >= 0.3 is 0 Å². The molecular formula is C18H27N3O3. The summed E-state index contributed by atoms with van der Waals surface area (Å²) in [6.45, 7) is 5.83. The summed E-state index contributed by atoms with van der Waals surface area (Å²) in [4.78, 5) is 14.7. The first-order chi connectivity index (χ1) is 11.6. The number of rotatable bonds is 5. The van der Waals surface area contributed by atoms with E-state index >= 15 is 0 Å². The third kappa shape index (κ3) is 4.26. The van der Waals surface area contributed by atoms with E-state index < -0.39 is 0 Å². The minimum absolute atomic E-state index is 0.0147. The van der Waals surface area contributed by atoms with Crippen LogP contribution in [0.1, 0.15) is 24.9 Å². The van der Waals surface area contributed by atoms with Gasteiger partial charge in [-0.2, -0.15) is 0 Å². The largest absolute Gasteiger partial charge is 0.493 e. The molecular weight excluding hydrogens is 306 g/mol. The second-order valence-corrected chi connectivity index (χ2v) is 6.62. The van der Waals surface area contributed by atoms with E-state index in [-0.39, 0.29) is 24.1 Å². The van der Waals surface area contributed by atoms with Crippen molar-refractivity contribution in [1.82, 2.24) is 15.5 Å². The van der Waals surface area contributed by atoms with Gasteiger partial charge in [0, 0.05) is 31.6 Å². The molecule has 2 heterocycles. The highest BCUT2D eigenvalue weighted by Gasteiger charge is 2.25. The molecule has 0 bridgehead atoms. The number of fused-ring (bicyclic) bond motifs is 1. The first kappa shape index (κ1) is 17.2. The number of nitrogens with one attached hydrogen (secondary N) is 2. The van der Waals surface area contributed by atoms with Gasteiger partial charge in [-0.1, -0.05) is 18.2 Å². The first-order valence-corrected chi connectivity index (χ1v) is 8.69. The molecule has 6 nitrogen and oxygen atoms in total. The molecule has 132 valence electrons. The number of hydrogen-bond donors (Lipinski definition) is 2. The molecule has 0 saturated carbocycles. The van der Waals surface area contributed by atoms with Gasteiger partial charge < -0.3 is 25.0 Å². The molecule has 6 heteroatoms. The summed E-state index contributed by atoms with van der Waals surface area (Å²) in [6.07, 6.45) is 0.939. The van der Waals surface area contributed by atoms with Gasteiger partial charge in [-0.05, 0) is 20.0 Å². The van der Waals surface area contributed by atoms with Crippen LogP contribution in [0.15, 0.2) is 24.3 Å². The van der Waals surface area contributed by atoms with Crippen molar-refractivity contribution in [3.8, 4) is 5.75 Å². The summed E-state index contributed by atoms with van der Waals surface area (Å²) in [5.74, 6) is 0.883. The molecule has 3 atom stereocenters. The lowest BCUT2D eigenvalue weighted by atomic mass is 10.0. The van der Waals surface area contributed by atoms with Crippen LogP contribution in [0.25, 0.3) is 0 Å². The number of benzene rings is 1. The maximum Gasteiger partial charge on any atom is 0.237 e. The highest BCUT2D eigenvalue weighted by Crippen LogP contribution is 2.31. The second-order valence-electron chi connectivity index (χ2n) is 6.62. The standard InChI is InChI=1S/C18H27N3O3/c1-13(19-11-14-12-21(2)8-10-23-14)18(22)20-16-7-9-24-17-6-4-3-5-15(16)17/h3-6,13-14,16,19H,7-12H2,1-2H3,(H,20,22)/t13-,14-,16+/m0/s1. The number of ether oxygens (including phenoxy) is 2. The summed E-state index contributed by atoms with van der Waals surface area (Å²) < 4.78 is 11.4. The van der Waals surface area contributed by atoms with Crippen molar-refractivity contribution in [2.45, 2.75) is 31.5 Å². The topological polar surface area (TPSA) is 62.8 Å². The van der Waals surface area contributed by atoms with Crippen molar-refractivity contribution >= 4 is 5.91 Å². The van der Waals surface area contributed by atoms with E-state index in [0.29, 0.717) is 13.2 Å². The van der Waals surface area contributed by atoms with Crippen LogP contribution in [0.5, 0.6) is 5.75 Å². The average molecular weight is 333 g/mol. The van der Waals surface area contributed by atoms with E-state index in [1.54, 1.807) is 0 Å². The lowest BCUT2D eigenvalue weighted by Gasteiger charge is -2.31. The third-order valence-electron chi connectivity index (χ3n) is 4.66. The van der Waals surface area contributed by atoms with Crippen molar-refractivity contribution < 1.29 is 14.3 Å². The summed E-state index contributed by atoms with van der Waals surface area (Å²) in [6, 6.07) is 7.66. The third-order valence-corrected chi connectivity index (χ3v) is 4.66. The van der Waals surface area contributed by atoms with Crippen LogP contribution in [0.4, 0.5) is 0 Å². The van der Waals surface area contributed by atoms with Gasteiger partial charge in [-0.15, -0.1) is 0 Å². The number of carbonyl (C=O) groups is 1. The highest BCUT2D eigenvalue weighted by atomic mass is 16.5. The molecule has 3 rings (SSSR count). The number of nitrogens with zero attached hydrogens (tertiary/aromatic N) is 1. The molecule has 0 spiro atoms. The van der Waals surface area contributed by atoms with Gasteiger partial charge in [-0.3, -0.25) is 4.79 Å². The van der Waals surface area contributed by atoms with Crippen molar-refractivity contribution in [3.05, 3.63) is 29.8 Å². The number of hydrogen-bond acceptors (Lipinski definition) is 5. The van der Waals surface area contributed by atoms with Gasteiger partial charge in [0.25, 0.3) is 0 Å². The normalized spacial score (nSPS) is 25.4. The van der Waals surface area contributed by atoms with Crippen LogP contribution in [-0.2, 0) is 9.53 Å².